The summed E-state index contributed by atoms with van der Waals surface area (Å²) in [5.41, 5.74) is -2.17. The summed E-state index contributed by atoms with van der Waals surface area (Å²) in [5, 5.41) is 0. The molecule has 0 spiro atoms. The van der Waals surface area contributed by atoms with Crippen LogP contribution in [0.5, 0.6) is 0 Å². The number of fused-ring (bicyclic) bond motifs is 1. The van der Waals surface area contributed by atoms with Crippen LogP contribution in [0.1, 0.15) is 45.3 Å². The first kappa shape index (κ1) is 23.0. The second-order valence-electron chi connectivity index (χ2n) is 7.99. The quantitative estimate of drug-likeness (QED) is 0.456. The number of hydrogen-bond acceptors (Lipinski definition) is 10. The van der Waals surface area contributed by atoms with Gasteiger partial charge in [0.1, 0.15) is 0 Å². The second-order valence-corrected chi connectivity index (χ2v) is 7.99. The smallest absolute Gasteiger partial charge is 0.459 e. The normalized spacial score (nSPS) is 29.2. The molecule has 1 aromatic rings. The zero-order chi connectivity index (χ0) is 23.8. The fourth-order valence-corrected chi connectivity index (χ4v) is 4.25. The summed E-state index contributed by atoms with van der Waals surface area (Å²) in [4.78, 5) is 60.9. The lowest BCUT2D eigenvalue weighted by atomic mass is 9.89. The SMILES string of the molecule is CCOC(=O)n1c(=O)ccn([C@@H]2O[C@](F)(COC(=O)C3CCCCC3)[C@H]3OC(=O)O[C@@H]23)c1=O. The minimum absolute atomic E-state index is 0.102. The summed E-state index contributed by atoms with van der Waals surface area (Å²) in [7, 11) is 0. The lowest BCUT2D eigenvalue weighted by molar-refractivity contribution is -0.221. The van der Waals surface area contributed by atoms with Crippen LogP contribution in [0.15, 0.2) is 21.9 Å². The standard InChI is InChI=1S/C20H23FN2O10/c1-2-29-18(27)23-12(24)8-9-22(17(23)26)15-13-14(32-19(28)31-13)20(21,33-15)10-30-16(25)11-6-4-3-5-7-11/h8-9,11,13-15H,2-7,10H2,1H3/t13-,14+,15-,20-/m1/s1. The number of carbonyl (C=O) groups is 3. The molecule has 3 heterocycles. The van der Waals surface area contributed by atoms with Gasteiger partial charge in [-0.05, 0) is 19.8 Å². The van der Waals surface area contributed by atoms with Gasteiger partial charge in [0.25, 0.3) is 11.4 Å². The van der Waals surface area contributed by atoms with Crippen LogP contribution in [-0.4, -0.2) is 58.6 Å². The van der Waals surface area contributed by atoms with Crippen LogP contribution in [0.4, 0.5) is 14.0 Å². The molecule has 4 rings (SSSR count). The fourth-order valence-electron chi connectivity index (χ4n) is 4.25. The highest BCUT2D eigenvalue weighted by Crippen LogP contribution is 2.45. The topological polar surface area (TPSA) is 141 Å². The summed E-state index contributed by atoms with van der Waals surface area (Å²) in [6.45, 7) is 0.481. The van der Waals surface area contributed by atoms with Gasteiger partial charge in [-0.2, -0.15) is 4.57 Å². The zero-order valence-corrected chi connectivity index (χ0v) is 17.8. The molecule has 3 fully saturated rings. The van der Waals surface area contributed by atoms with Crippen molar-refractivity contribution in [3.05, 3.63) is 33.1 Å². The predicted octanol–water partition coefficient (Wildman–Crippen LogP) is 1.24. The van der Waals surface area contributed by atoms with Crippen molar-refractivity contribution in [1.82, 2.24) is 9.13 Å². The third-order valence-electron chi connectivity index (χ3n) is 5.86. The van der Waals surface area contributed by atoms with Crippen molar-refractivity contribution < 1.29 is 42.5 Å². The van der Waals surface area contributed by atoms with E-state index in [4.69, 9.17) is 23.7 Å². The van der Waals surface area contributed by atoms with Crippen LogP contribution in [0, 0.1) is 5.92 Å². The average Bonchev–Trinajstić information content (AvgIpc) is 3.30. The third kappa shape index (κ3) is 4.24. The van der Waals surface area contributed by atoms with E-state index in [0.717, 1.165) is 31.5 Å². The number of nitrogens with zero attached hydrogens (tertiary/aromatic N) is 2. The molecule has 1 aliphatic carbocycles. The molecule has 0 bridgehead atoms. The minimum Gasteiger partial charge on any atom is -0.459 e. The monoisotopic (exact) mass is 470 g/mol. The second kappa shape index (κ2) is 8.96. The molecule has 1 aromatic heterocycles. The average molecular weight is 470 g/mol. The third-order valence-corrected chi connectivity index (χ3v) is 5.86. The molecular formula is C20H23FN2O10. The van der Waals surface area contributed by atoms with Gasteiger partial charge in [-0.3, -0.25) is 14.2 Å². The molecule has 0 radical (unpaired) electrons. The van der Waals surface area contributed by atoms with Crippen molar-refractivity contribution in [3.63, 3.8) is 0 Å². The van der Waals surface area contributed by atoms with Crippen molar-refractivity contribution in [3.8, 4) is 0 Å². The zero-order valence-electron chi connectivity index (χ0n) is 17.8. The molecule has 13 heteroatoms. The van der Waals surface area contributed by atoms with Crippen LogP contribution >= 0.6 is 0 Å². The predicted molar refractivity (Wildman–Crippen MR) is 104 cm³/mol. The molecule has 2 saturated heterocycles. The van der Waals surface area contributed by atoms with Gasteiger partial charge < -0.3 is 23.7 Å². The maximum absolute atomic E-state index is 15.8. The molecule has 3 aliphatic rings. The lowest BCUT2D eigenvalue weighted by Gasteiger charge is -2.25. The first-order valence-electron chi connectivity index (χ1n) is 10.7. The van der Waals surface area contributed by atoms with Crippen LogP contribution < -0.4 is 11.2 Å². The van der Waals surface area contributed by atoms with Crippen LogP contribution in [0.2, 0.25) is 0 Å². The number of carbonyl (C=O) groups excluding carboxylic acids is 3. The van der Waals surface area contributed by atoms with E-state index >= 15 is 4.39 Å². The van der Waals surface area contributed by atoms with E-state index in [1.54, 1.807) is 0 Å². The first-order chi connectivity index (χ1) is 15.7. The Morgan fingerprint density at radius 2 is 1.88 bits per heavy atom. The Morgan fingerprint density at radius 1 is 1.15 bits per heavy atom. The number of alkyl halides is 1. The van der Waals surface area contributed by atoms with Crippen molar-refractivity contribution in [2.75, 3.05) is 13.2 Å². The Balaban J connectivity index is 1.59. The molecule has 1 saturated carbocycles. The Morgan fingerprint density at radius 3 is 2.58 bits per heavy atom. The summed E-state index contributed by atoms with van der Waals surface area (Å²) in [6.07, 6.45) is -2.14. The fraction of sp³-hybridized carbons (Fsp3) is 0.650. The lowest BCUT2D eigenvalue weighted by Crippen LogP contribution is -2.46. The van der Waals surface area contributed by atoms with Crippen LogP contribution in [0.3, 0.4) is 0 Å². The van der Waals surface area contributed by atoms with Crippen LogP contribution in [-0.2, 0) is 28.5 Å². The number of ether oxygens (including phenoxy) is 5. The van der Waals surface area contributed by atoms with Gasteiger partial charge in [-0.15, -0.1) is 0 Å². The van der Waals surface area contributed by atoms with Gasteiger partial charge >= 0.3 is 23.9 Å². The Kier molecular flexibility index (Phi) is 6.23. The van der Waals surface area contributed by atoms with E-state index in [9.17, 15) is 24.0 Å². The van der Waals surface area contributed by atoms with Gasteiger partial charge in [0, 0.05) is 12.3 Å². The maximum Gasteiger partial charge on any atom is 0.509 e. The molecule has 4 atom stereocenters. The van der Waals surface area contributed by atoms with E-state index in [1.165, 1.54) is 6.92 Å². The van der Waals surface area contributed by atoms with E-state index in [-0.39, 0.29) is 17.1 Å². The molecule has 0 unspecified atom stereocenters. The van der Waals surface area contributed by atoms with E-state index < -0.39 is 60.4 Å². The number of halogens is 1. The van der Waals surface area contributed by atoms with Crippen molar-refractivity contribution in [2.45, 2.75) is 63.3 Å². The summed E-state index contributed by atoms with van der Waals surface area (Å²) in [6, 6.07) is 0.871. The van der Waals surface area contributed by atoms with Gasteiger partial charge in [0.2, 0.25) is 6.10 Å². The Labute approximate surface area is 186 Å². The summed E-state index contributed by atoms with van der Waals surface area (Å²) >= 11 is 0. The van der Waals surface area contributed by atoms with Crippen molar-refractivity contribution in [2.24, 2.45) is 5.92 Å². The molecule has 0 amide bonds. The van der Waals surface area contributed by atoms with E-state index in [2.05, 4.69) is 0 Å². The molecule has 0 N–H and O–H groups in total. The number of esters is 1. The number of hydrogen-bond donors (Lipinski definition) is 0. The summed E-state index contributed by atoms with van der Waals surface area (Å²) < 4.78 is 41.7. The van der Waals surface area contributed by atoms with Gasteiger partial charge in [-0.25, -0.2) is 18.8 Å². The molecule has 12 nitrogen and oxygen atoms in total. The highest BCUT2D eigenvalue weighted by molar-refractivity contribution is 5.72. The molecule has 33 heavy (non-hydrogen) atoms. The van der Waals surface area contributed by atoms with E-state index in [1.807, 2.05) is 0 Å². The van der Waals surface area contributed by atoms with Gasteiger partial charge in [-0.1, -0.05) is 19.3 Å². The van der Waals surface area contributed by atoms with Crippen LogP contribution in [0.25, 0.3) is 0 Å². The summed E-state index contributed by atoms with van der Waals surface area (Å²) in [5.74, 6) is -3.77. The number of rotatable bonds is 5. The van der Waals surface area contributed by atoms with Gasteiger partial charge in [0.15, 0.2) is 18.9 Å². The molecule has 0 aromatic carbocycles. The van der Waals surface area contributed by atoms with Gasteiger partial charge in [0.05, 0.1) is 12.5 Å². The highest BCUT2D eigenvalue weighted by Gasteiger charge is 2.65. The highest BCUT2D eigenvalue weighted by atomic mass is 19.2. The van der Waals surface area contributed by atoms with E-state index in [0.29, 0.717) is 17.4 Å². The van der Waals surface area contributed by atoms with Crippen molar-refractivity contribution in [1.29, 1.82) is 0 Å². The largest absolute Gasteiger partial charge is 0.509 e. The Hall–Kier alpha value is -3.22. The first-order valence-corrected chi connectivity index (χ1v) is 10.7. The molecular weight excluding hydrogens is 447 g/mol. The molecule has 2 aliphatic heterocycles. The molecule has 180 valence electrons. The van der Waals surface area contributed by atoms with Crippen molar-refractivity contribution >= 4 is 18.2 Å². The number of aromatic nitrogens is 2. The Bertz CT molecular complexity index is 1060. The minimum atomic E-state index is -2.82. The maximum atomic E-state index is 15.8.